The van der Waals surface area contributed by atoms with Crippen LogP contribution in [0.25, 0.3) is 0 Å². The van der Waals surface area contributed by atoms with Gasteiger partial charge in [-0.15, -0.1) is 22.7 Å². The van der Waals surface area contributed by atoms with E-state index in [1.165, 1.54) is 21.7 Å². The number of sulfonamides is 1. The van der Waals surface area contributed by atoms with Gasteiger partial charge in [0.25, 0.3) is 10.0 Å². The van der Waals surface area contributed by atoms with Gasteiger partial charge >= 0.3 is 0 Å². The Morgan fingerprint density at radius 2 is 2.20 bits per heavy atom. The maximum absolute atomic E-state index is 12.6. The molecule has 0 atom stereocenters. The number of nitrogens with zero attached hydrogens (tertiary/aromatic N) is 1. The fraction of sp³-hybridized carbons (Fsp3) is 0.333. The van der Waals surface area contributed by atoms with Crippen molar-refractivity contribution >= 4 is 38.4 Å². The van der Waals surface area contributed by atoms with Gasteiger partial charge in [-0.25, -0.2) is 8.42 Å². The fourth-order valence-corrected chi connectivity index (χ4v) is 5.08. The first-order chi connectivity index (χ1) is 9.54. The predicted molar refractivity (Wildman–Crippen MR) is 82.5 cm³/mol. The number of nitrogen functional groups attached to an aromatic ring is 1. The quantitative estimate of drug-likeness (QED) is 0.844. The Morgan fingerprint density at radius 1 is 1.40 bits per heavy atom. The van der Waals surface area contributed by atoms with Crippen molar-refractivity contribution in [1.29, 1.82) is 0 Å². The summed E-state index contributed by atoms with van der Waals surface area (Å²) in [6, 6.07) is 5.32. The third kappa shape index (κ3) is 3.58. The number of rotatable bonds is 7. The summed E-state index contributed by atoms with van der Waals surface area (Å²) in [5.41, 5.74) is 6.09. The second-order valence-corrected chi connectivity index (χ2v) is 8.22. The minimum atomic E-state index is -3.53. The molecular weight excluding hydrogens is 316 g/mol. The molecule has 5 nitrogen and oxygen atoms in total. The van der Waals surface area contributed by atoms with Gasteiger partial charge in [0, 0.05) is 36.1 Å². The number of nitrogens with two attached hydrogens (primary N) is 1. The molecule has 0 bridgehead atoms. The van der Waals surface area contributed by atoms with Gasteiger partial charge < -0.3 is 10.5 Å². The normalized spacial score (nSPS) is 12.1. The van der Waals surface area contributed by atoms with Crippen LogP contribution >= 0.6 is 22.7 Å². The highest BCUT2D eigenvalue weighted by Crippen LogP contribution is 2.26. The van der Waals surface area contributed by atoms with Crippen LogP contribution in [0.1, 0.15) is 4.88 Å². The van der Waals surface area contributed by atoms with Crippen LogP contribution in [0, 0.1) is 0 Å². The van der Waals surface area contributed by atoms with Crippen LogP contribution in [0.15, 0.2) is 33.2 Å². The van der Waals surface area contributed by atoms with Crippen LogP contribution in [0.2, 0.25) is 0 Å². The van der Waals surface area contributed by atoms with Crippen LogP contribution in [0.5, 0.6) is 0 Å². The second kappa shape index (κ2) is 6.68. The summed E-state index contributed by atoms with van der Waals surface area (Å²) in [6.45, 7) is 1.02. The molecule has 0 saturated carbocycles. The first-order valence-electron chi connectivity index (χ1n) is 5.89. The number of hydrogen-bond donors (Lipinski definition) is 1. The zero-order valence-electron chi connectivity index (χ0n) is 11.0. The van der Waals surface area contributed by atoms with Crippen molar-refractivity contribution in [2.75, 3.05) is 26.0 Å². The van der Waals surface area contributed by atoms with E-state index in [-0.39, 0.29) is 4.21 Å². The average molecular weight is 332 g/mol. The van der Waals surface area contributed by atoms with Gasteiger partial charge in [0.2, 0.25) is 0 Å². The summed E-state index contributed by atoms with van der Waals surface area (Å²) >= 11 is 2.67. The summed E-state index contributed by atoms with van der Waals surface area (Å²) in [6.07, 6.45) is 0. The molecule has 2 rings (SSSR count). The fourth-order valence-electron chi connectivity index (χ4n) is 1.65. The van der Waals surface area contributed by atoms with Crippen molar-refractivity contribution in [2.24, 2.45) is 0 Å². The van der Waals surface area contributed by atoms with Crippen LogP contribution < -0.4 is 5.73 Å². The Labute approximate surface area is 126 Å². The molecule has 0 aromatic carbocycles. The van der Waals surface area contributed by atoms with Gasteiger partial charge in [0.05, 0.1) is 6.61 Å². The number of thiophene rings is 2. The average Bonchev–Trinajstić information content (AvgIpc) is 3.05. The molecule has 2 N–H and O–H groups in total. The minimum Gasteiger partial charge on any atom is -0.398 e. The van der Waals surface area contributed by atoms with E-state index >= 15 is 0 Å². The lowest BCUT2D eigenvalue weighted by atomic mass is 10.4. The number of ether oxygens (including phenoxy) is 1. The topological polar surface area (TPSA) is 72.6 Å². The van der Waals surface area contributed by atoms with E-state index in [1.807, 2.05) is 17.5 Å². The van der Waals surface area contributed by atoms with Crippen molar-refractivity contribution in [3.05, 3.63) is 33.8 Å². The molecule has 0 spiro atoms. The van der Waals surface area contributed by atoms with Crippen LogP contribution in [0.4, 0.5) is 5.69 Å². The van der Waals surface area contributed by atoms with Crippen molar-refractivity contribution in [3.63, 3.8) is 0 Å². The number of methoxy groups -OCH3 is 1. The number of hydrogen-bond acceptors (Lipinski definition) is 6. The summed E-state index contributed by atoms with van der Waals surface area (Å²) < 4.78 is 31.9. The largest absolute Gasteiger partial charge is 0.398 e. The molecule has 0 aliphatic rings. The van der Waals surface area contributed by atoms with E-state index in [4.69, 9.17) is 10.5 Å². The molecule has 0 saturated heterocycles. The lowest BCUT2D eigenvalue weighted by Gasteiger charge is -2.20. The van der Waals surface area contributed by atoms with E-state index in [0.29, 0.717) is 25.4 Å². The van der Waals surface area contributed by atoms with E-state index < -0.39 is 10.0 Å². The third-order valence-corrected chi connectivity index (χ3v) is 6.79. The van der Waals surface area contributed by atoms with E-state index in [0.717, 1.165) is 16.2 Å². The van der Waals surface area contributed by atoms with Gasteiger partial charge in [-0.3, -0.25) is 0 Å². The first kappa shape index (κ1) is 15.5. The minimum absolute atomic E-state index is 0.266. The van der Waals surface area contributed by atoms with Crippen molar-refractivity contribution in [2.45, 2.75) is 10.8 Å². The van der Waals surface area contributed by atoms with Crippen LogP contribution in [-0.2, 0) is 21.3 Å². The van der Waals surface area contributed by atoms with Gasteiger partial charge in [-0.05, 0) is 17.5 Å². The zero-order chi connectivity index (χ0) is 14.6. The van der Waals surface area contributed by atoms with Gasteiger partial charge in [-0.2, -0.15) is 4.31 Å². The smallest absolute Gasteiger partial charge is 0.253 e. The molecule has 20 heavy (non-hydrogen) atoms. The first-order valence-corrected chi connectivity index (χ1v) is 9.09. The highest BCUT2D eigenvalue weighted by Gasteiger charge is 2.26. The van der Waals surface area contributed by atoms with E-state index in [2.05, 4.69) is 0 Å². The molecule has 0 fully saturated rings. The zero-order valence-corrected chi connectivity index (χ0v) is 13.4. The van der Waals surface area contributed by atoms with E-state index in [9.17, 15) is 8.42 Å². The predicted octanol–water partition coefficient (Wildman–Crippen LogP) is 2.23. The van der Waals surface area contributed by atoms with Crippen molar-refractivity contribution in [3.8, 4) is 0 Å². The molecule has 110 valence electrons. The van der Waals surface area contributed by atoms with Crippen LogP contribution in [-0.4, -0.2) is 33.0 Å². The molecule has 0 unspecified atom stereocenters. The molecule has 0 aliphatic carbocycles. The summed E-state index contributed by atoms with van der Waals surface area (Å²) in [4.78, 5) is 0.995. The van der Waals surface area contributed by atoms with Gasteiger partial charge in [0.1, 0.15) is 4.21 Å². The van der Waals surface area contributed by atoms with Gasteiger partial charge in [0.15, 0.2) is 0 Å². The Balaban J connectivity index is 2.25. The van der Waals surface area contributed by atoms with E-state index in [1.54, 1.807) is 12.5 Å². The molecule has 2 aromatic rings. The third-order valence-electron chi connectivity index (χ3n) is 2.65. The maximum atomic E-state index is 12.6. The summed E-state index contributed by atoms with van der Waals surface area (Å²) in [5.74, 6) is 0. The molecule has 2 heterocycles. The highest BCUT2D eigenvalue weighted by atomic mass is 32.2. The number of anilines is 1. The van der Waals surface area contributed by atoms with Gasteiger partial charge in [-0.1, -0.05) is 6.07 Å². The Bertz CT molecular complexity index is 635. The monoisotopic (exact) mass is 332 g/mol. The standard InChI is InChI=1S/C12H16N2O3S3/c1-17-5-4-14(8-11-3-2-6-18-11)20(15,16)12-7-10(13)9-19-12/h2-3,6-7,9H,4-5,8,13H2,1H3. The highest BCUT2D eigenvalue weighted by molar-refractivity contribution is 7.91. The summed E-state index contributed by atoms with van der Waals surface area (Å²) in [5, 5.41) is 3.56. The van der Waals surface area contributed by atoms with Crippen molar-refractivity contribution in [1.82, 2.24) is 4.31 Å². The summed E-state index contributed by atoms with van der Waals surface area (Å²) in [7, 11) is -1.98. The second-order valence-electron chi connectivity index (χ2n) is 4.11. The lowest BCUT2D eigenvalue weighted by Crippen LogP contribution is -2.32. The Morgan fingerprint density at radius 3 is 2.75 bits per heavy atom. The molecule has 2 aromatic heterocycles. The Kier molecular flexibility index (Phi) is 5.17. The Hall–Kier alpha value is -0.930. The molecule has 0 amide bonds. The molecule has 8 heteroatoms. The van der Waals surface area contributed by atoms with Crippen molar-refractivity contribution < 1.29 is 13.2 Å². The molecule has 0 radical (unpaired) electrons. The molecule has 0 aliphatic heterocycles. The maximum Gasteiger partial charge on any atom is 0.253 e. The SMILES string of the molecule is COCCN(Cc1cccs1)S(=O)(=O)c1cc(N)cs1. The molecular formula is C12H16N2O3S3. The lowest BCUT2D eigenvalue weighted by molar-refractivity contribution is 0.178. The van der Waals surface area contributed by atoms with Crippen LogP contribution in [0.3, 0.4) is 0 Å².